The molecule has 0 saturated carbocycles. The number of aryl methyl sites for hydroxylation is 1. The van der Waals surface area contributed by atoms with Crippen molar-refractivity contribution in [3.63, 3.8) is 0 Å². The summed E-state index contributed by atoms with van der Waals surface area (Å²) in [6.45, 7) is 0.543. The average molecular weight is 330 g/mol. The summed E-state index contributed by atoms with van der Waals surface area (Å²) >= 11 is 6.13. The summed E-state index contributed by atoms with van der Waals surface area (Å²) in [6.07, 6.45) is 7.66. The molecule has 2 heterocycles. The molecule has 3 rings (SSSR count). The summed E-state index contributed by atoms with van der Waals surface area (Å²) in [5.41, 5.74) is 2.32. The first-order valence-electron chi connectivity index (χ1n) is 7.19. The maximum absolute atomic E-state index is 12.2. The van der Waals surface area contributed by atoms with Crippen LogP contribution >= 0.6 is 11.6 Å². The van der Waals surface area contributed by atoms with Crippen molar-refractivity contribution < 1.29 is 4.79 Å². The minimum Gasteiger partial charge on any atom is -0.352 e. The molecule has 23 heavy (non-hydrogen) atoms. The summed E-state index contributed by atoms with van der Waals surface area (Å²) < 4.78 is 3.34. The highest BCUT2D eigenvalue weighted by molar-refractivity contribution is 6.32. The number of para-hydroxylation sites is 1. The van der Waals surface area contributed by atoms with Gasteiger partial charge in [0.15, 0.2) is 0 Å². The molecule has 7 heteroatoms. The molecule has 0 saturated heterocycles. The molecule has 0 aliphatic rings. The number of hydrogen-bond acceptors (Lipinski definition) is 3. The Morgan fingerprint density at radius 1 is 1.22 bits per heavy atom. The largest absolute Gasteiger partial charge is 0.352 e. The summed E-state index contributed by atoms with van der Waals surface area (Å²) in [6, 6.07) is 7.35. The molecule has 0 bridgehead atoms. The summed E-state index contributed by atoms with van der Waals surface area (Å²) in [7, 11) is 1.87. The molecule has 6 nitrogen and oxygen atoms in total. The van der Waals surface area contributed by atoms with Crippen molar-refractivity contribution in [1.29, 1.82) is 0 Å². The SMILES string of the molecule is Cn1cc(CCNC(=O)c2cnn(-c3ccccc3Cl)c2)cn1. The molecule has 3 aromatic rings. The lowest BCUT2D eigenvalue weighted by atomic mass is 10.2. The van der Waals surface area contributed by atoms with Gasteiger partial charge in [-0.15, -0.1) is 0 Å². The van der Waals surface area contributed by atoms with Gasteiger partial charge in [0.2, 0.25) is 0 Å². The third kappa shape index (κ3) is 3.60. The molecule has 1 N–H and O–H groups in total. The van der Waals surface area contributed by atoms with E-state index in [0.717, 1.165) is 17.7 Å². The third-order valence-corrected chi connectivity index (χ3v) is 3.72. The smallest absolute Gasteiger partial charge is 0.254 e. The van der Waals surface area contributed by atoms with E-state index in [-0.39, 0.29) is 5.91 Å². The lowest BCUT2D eigenvalue weighted by Crippen LogP contribution is -2.25. The van der Waals surface area contributed by atoms with E-state index in [1.807, 2.05) is 31.4 Å². The van der Waals surface area contributed by atoms with Gasteiger partial charge in [-0.05, 0) is 24.1 Å². The van der Waals surface area contributed by atoms with Crippen LogP contribution in [-0.4, -0.2) is 32.0 Å². The number of carbonyl (C=O) groups is 1. The minimum atomic E-state index is -0.160. The van der Waals surface area contributed by atoms with E-state index in [1.54, 1.807) is 27.8 Å². The lowest BCUT2D eigenvalue weighted by molar-refractivity contribution is 0.0954. The maximum Gasteiger partial charge on any atom is 0.254 e. The molecule has 0 unspecified atom stereocenters. The third-order valence-electron chi connectivity index (χ3n) is 3.40. The Balaban J connectivity index is 1.61. The predicted molar refractivity (Wildman–Crippen MR) is 87.8 cm³/mol. The molecule has 0 atom stereocenters. The fourth-order valence-electron chi connectivity index (χ4n) is 2.23. The second-order valence-electron chi connectivity index (χ2n) is 5.15. The van der Waals surface area contributed by atoms with Crippen LogP contribution in [0.4, 0.5) is 0 Å². The number of aromatic nitrogens is 4. The van der Waals surface area contributed by atoms with Crippen LogP contribution in [0.25, 0.3) is 5.69 Å². The Labute approximate surface area is 138 Å². The van der Waals surface area contributed by atoms with Gasteiger partial charge >= 0.3 is 0 Å². The van der Waals surface area contributed by atoms with Crippen molar-refractivity contribution in [1.82, 2.24) is 24.9 Å². The van der Waals surface area contributed by atoms with Gasteiger partial charge in [-0.3, -0.25) is 9.48 Å². The van der Waals surface area contributed by atoms with Gasteiger partial charge < -0.3 is 5.32 Å². The average Bonchev–Trinajstić information content (AvgIpc) is 3.17. The molecule has 2 aromatic heterocycles. The molecule has 118 valence electrons. The van der Waals surface area contributed by atoms with E-state index < -0.39 is 0 Å². The lowest BCUT2D eigenvalue weighted by Gasteiger charge is -2.03. The normalized spacial score (nSPS) is 10.7. The van der Waals surface area contributed by atoms with E-state index in [9.17, 15) is 4.79 Å². The number of carbonyl (C=O) groups excluding carboxylic acids is 1. The topological polar surface area (TPSA) is 64.7 Å². The van der Waals surface area contributed by atoms with Crippen LogP contribution in [0.5, 0.6) is 0 Å². The van der Waals surface area contributed by atoms with Gasteiger partial charge in [0.1, 0.15) is 0 Å². The highest BCUT2D eigenvalue weighted by atomic mass is 35.5. The first kappa shape index (κ1) is 15.3. The van der Waals surface area contributed by atoms with Crippen molar-refractivity contribution in [2.45, 2.75) is 6.42 Å². The number of amides is 1. The Bertz CT molecular complexity index is 823. The van der Waals surface area contributed by atoms with Crippen LogP contribution in [0.15, 0.2) is 49.1 Å². The molecule has 0 aliphatic carbocycles. The van der Waals surface area contributed by atoms with Crippen molar-refractivity contribution in [3.05, 3.63) is 65.2 Å². The number of rotatable bonds is 5. The van der Waals surface area contributed by atoms with Gasteiger partial charge in [0, 0.05) is 26.0 Å². The van der Waals surface area contributed by atoms with Gasteiger partial charge in [0.05, 0.1) is 28.7 Å². The van der Waals surface area contributed by atoms with Gasteiger partial charge in [-0.1, -0.05) is 23.7 Å². The maximum atomic E-state index is 12.2. The molecular weight excluding hydrogens is 314 g/mol. The van der Waals surface area contributed by atoms with Crippen LogP contribution in [-0.2, 0) is 13.5 Å². The minimum absolute atomic E-state index is 0.160. The van der Waals surface area contributed by atoms with Crippen molar-refractivity contribution in [2.75, 3.05) is 6.54 Å². The predicted octanol–water partition coefficient (Wildman–Crippen LogP) is 2.23. The van der Waals surface area contributed by atoms with Crippen molar-refractivity contribution in [2.24, 2.45) is 7.05 Å². The molecule has 1 amide bonds. The zero-order valence-electron chi connectivity index (χ0n) is 12.6. The second kappa shape index (κ2) is 6.66. The zero-order chi connectivity index (χ0) is 16.2. The van der Waals surface area contributed by atoms with E-state index in [2.05, 4.69) is 15.5 Å². The number of hydrogen-bond donors (Lipinski definition) is 1. The Morgan fingerprint density at radius 3 is 2.78 bits per heavy atom. The molecule has 1 aromatic carbocycles. The highest BCUT2D eigenvalue weighted by Gasteiger charge is 2.10. The van der Waals surface area contributed by atoms with Crippen LogP contribution in [0.2, 0.25) is 5.02 Å². The van der Waals surface area contributed by atoms with Crippen LogP contribution in [0.3, 0.4) is 0 Å². The monoisotopic (exact) mass is 329 g/mol. The van der Waals surface area contributed by atoms with Gasteiger partial charge in [-0.25, -0.2) is 4.68 Å². The summed E-state index contributed by atoms with van der Waals surface area (Å²) in [5.74, 6) is -0.160. The standard InChI is InChI=1S/C16H16ClN5O/c1-21-10-12(8-19-21)6-7-18-16(23)13-9-20-22(11-13)15-5-3-2-4-14(15)17/h2-5,8-11H,6-7H2,1H3,(H,18,23). The van der Waals surface area contributed by atoms with E-state index in [1.165, 1.54) is 6.20 Å². The molecular formula is C16H16ClN5O. The molecule has 0 aliphatic heterocycles. The summed E-state index contributed by atoms with van der Waals surface area (Å²) in [4.78, 5) is 12.2. The van der Waals surface area contributed by atoms with E-state index in [0.29, 0.717) is 17.1 Å². The molecule has 0 radical (unpaired) electrons. The number of nitrogens with one attached hydrogen (secondary N) is 1. The van der Waals surface area contributed by atoms with Crippen LogP contribution in [0, 0.1) is 0 Å². The second-order valence-corrected chi connectivity index (χ2v) is 5.56. The Morgan fingerprint density at radius 2 is 2.04 bits per heavy atom. The van der Waals surface area contributed by atoms with Crippen LogP contribution in [0.1, 0.15) is 15.9 Å². The Kier molecular flexibility index (Phi) is 4.43. The fourth-order valence-corrected chi connectivity index (χ4v) is 2.46. The first-order valence-corrected chi connectivity index (χ1v) is 7.56. The van der Waals surface area contributed by atoms with Crippen LogP contribution < -0.4 is 5.32 Å². The van der Waals surface area contributed by atoms with Gasteiger partial charge in [0.25, 0.3) is 5.91 Å². The molecule has 0 spiro atoms. The zero-order valence-corrected chi connectivity index (χ0v) is 13.4. The van der Waals surface area contributed by atoms with E-state index >= 15 is 0 Å². The fraction of sp³-hybridized carbons (Fsp3) is 0.188. The number of halogens is 1. The van der Waals surface area contributed by atoms with Gasteiger partial charge in [-0.2, -0.15) is 10.2 Å². The Hall–Kier alpha value is -2.60. The summed E-state index contributed by atoms with van der Waals surface area (Å²) in [5, 5.41) is 11.7. The van der Waals surface area contributed by atoms with Crippen molar-refractivity contribution >= 4 is 17.5 Å². The number of benzene rings is 1. The number of nitrogens with zero attached hydrogens (tertiary/aromatic N) is 4. The van der Waals surface area contributed by atoms with Crippen molar-refractivity contribution in [3.8, 4) is 5.69 Å². The van der Waals surface area contributed by atoms with E-state index in [4.69, 9.17) is 11.6 Å². The highest BCUT2D eigenvalue weighted by Crippen LogP contribution is 2.19. The quantitative estimate of drug-likeness (QED) is 0.780. The molecule has 0 fully saturated rings. The first-order chi connectivity index (χ1) is 11.1.